The van der Waals surface area contributed by atoms with E-state index in [9.17, 15) is 13.5 Å². The quantitative estimate of drug-likeness (QED) is 0.906. The summed E-state index contributed by atoms with van der Waals surface area (Å²) in [6, 6.07) is 8.24. The van der Waals surface area contributed by atoms with Gasteiger partial charge >= 0.3 is 0 Å². The highest BCUT2D eigenvalue weighted by molar-refractivity contribution is 7.88. The lowest BCUT2D eigenvalue weighted by atomic mass is 9.85. The highest BCUT2D eigenvalue weighted by Crippen LogP contribution is 2.29. The van der Waals surface area contributed by atoms with Crippen LogP contribution in [0.5, 0.6) is 0 Å². The topological polar surface area (TPSA) is 57.6 Å². The maximum Gasteiger partial charge on any atom is 0.211 e. The first-order chi connectivity index (χ1) is 9.90. The van der Waals surface area contributed by atoms with Crippen LogP contribution >= 0.6 is 0 Å². The second-order valence-corrected chi connectivity index (χ2v) is 8.14. The van der Waals surface area contributed by atoms with Crippen LogP contribution in [0, 0.1) is 12.8 Å². The second-order valence-electron chi connectivity index (χ2n) is 6.16. The van der Waals surface area contributed by atoms with E-state index in [4.69, 9.17) is 0 Å². The van der Waals surface area contributed by atoms with Gasteiger partial charge in [0.2, 0.25) is 10.0 Å². The maximum absolute atomic E-state index is 11.7. The molecule has 1 saturated heterocycles. The molecule has 1 aliphatic rings. The van der Waals surface area contributed by atoms with Crippen LogP contribution in [0.1, 0.15) is 36.3 Å². The van der Waals surface area contributed by atoms with Gasteiger partial charge < -0.3 is 5.11 Å². The van der Waals surface area contributed by atoms with Gasteiger partial charge in [0, 0.05) is 25.6 Å². The molecule has 4 nitrogen and oxygen atoms in total. The molecule has 1 aromatic carbocycles. The summed E-state index contributed by atoms with van der Waals surface area (Å²) < 4.78 is 24.9. The molecular weight excluding hydrogens is 286 g/mol. The van der Waals surface area contributed by atoms with Crippen LogP contribution in [0.2, 0.25) is 0 Å². The number of hydrogen-bond acceptors (Lipinski definition) is 3. The highest BCUT2D eigenvalue weighted by Gasteiger charge is 2.27. The number of rotatable bonds is 5. The lowest BCUT2D eigenvalue weighted by Gasteiger charge is -2.32. The van der Waals surface area contributed by atoms with E-state index in [1.54, 1.807) is 4.31 Å². The minimum atomic E-state index is -3.10. The second kappa shape index (κ2) is 6.90. The average molecular weight is 311 g/mol. The zero-order chi connectivity index (χ0) is 15.5. The normalized spacial score (nSPS) is 22.1. The molecule has 0 amide bonds. The SMILES string of the molecule is Cc1ccc(C(CO)CC2CCCN(S(C)(=O)=O)C2)cc1. The average Bonchev–Trinajstić information content (AvgIpc) is 2.45. The van der Waals surface area contributed by atoms with Crippen molar-refractivity contribution in [3.63, 3.8) is 0 Å². The first-order valence-electron chi connectivity index (χ1n) is 7.52. The molecule has 0 aliphatic carbocycles. The molecule has 0 aromatic heterocycles. The van der Waals surface area contributed by atoms with Gasteiger partial charge in [-0.2, -0.15) is 0 Å². The smallest absolute Gasteiger partial charge is 0.211 e. The summed E-state index contributed by atoms with van der Waals surface area (Å²) in [5.41, 5.74) is 2.34. The van der Waals surface area contributed by atoms with E-state index in [0.29, 0.717) is 19.0 Å². The van der Waals surface area contributed by atoms with Gasteiger partial charge in [-0.05, 0) is 37.7 Å². The van der Waals surface area contributed by atoms with Crippen LogP contribution < -0.4 is 0 Å². The molecule has 1 aromatic rings. The summed E-state index contributed by atoms with van der Waals surface area (Å²) in [4.78, 5) is 0. The Balaban J connectivity index is 2.03. The number of nitrogens with zero attached hydrogens (tertiary/aromatic N) is 1. The first kappa shape index (κ1) is 16.5. The van der Waals surface area contributed by atoms with Crippen molar-refractivity contribution in [2.45, 2.75) is 32.1 Å². The highest BCUT2D eigenvalue weighted by atomic mass is 32.2. The zero-order valence-electron chi connectivity index (χ0n) is 12.8. The van der Waals surface area contributed by atoms with E-state index in [-0.39, 0.29) is 12.5 Å². The van der Waals surface area contributed by atoms with Crippen molar-refractivity contribution in [2.75, 3.05) is 26.0 Å². The Labute approximate surface area is 127 Å². The lowest BCUT2D eigenvalue weighted by Crippen LogP contribution is -2.39. The third-order valence-electron chi connectivity index (χ3n) is 4.34. The van der Waals surface area contributed by atoms with Crippen molar-refractivity contribution in [2.24, 2.45) is 5.92 Å². The monoisotopic (exact) mass is 311 g/mol. The number of benzene rings is 1. The molecule has 0 bridgehead atoms. The molecule has 0 radical (unpaired) electrons. The van der Waals surface area contributed by atoms with Crippen LogP contribution in [0.25, 0.3) is 0 Å². The molecule has 118 valence electrons. The van der Waals surface area contributed by atoms with Crippen LogP contribution in [0.4, 0.5) is 0 Å². The standard InChI is InChI=1S/C16H25NO3S/c1-13-5-7-15(8-6-13)16(12-18)10-14-4-3-9-17(11-14)21(2,19)20/h5-8,14,16,18H,3-4,9-12H2,1-2H3. The first-order valence-corrected chi connectivity index (χ1v) is 9.37. The Morgan fingerprint density at radius 2 is 2.00 bits per heavy atom. The molecule has 1 heterocycles. The van der Waals surface area contributed by atoms with E-state index in [0.717, 1.165) is 24.8 Å². The number of aliphatic hydroxyl groups excluding tert-OH is 1. The molecule has 21 heavy (non-hydrogen) atoms. The van der Waals surface area contributed by atoms with Crippen LogP contribution in [0.15, 0.2) is 24.3 Å². The number of aryl methyl sites for hydroxylation is 1. The van der Waals surface area contributed by atoms with Crippen LogP contribution in [-0.2, 0) is 10.0 Å². The largest absolute Gasteiger partial charge is 0.396 e. The van der Waals surface area contributed by atoms with Crippen molar-refractivity contribution < 1.29 is 13.5 Å². The van der Waals surface area contributed by atoms with Gasteiger partial charge in [0.1, 0.15) is 0 Å². The predicted molar refractivity (Wildman–Crippen MR) is 84.8 cm³/mol. The third-order valence-corrected chi connectivity index (χ3v) is 5.61. The molecule has 0 saturated carbocycles. The Kier molecular flexibility index (Phi) is 5.41. The molecule has 0 spiro atoms. The van der Waals surface area contributed by atoms with Gasteiger partial charge in [0.25, 0.3) is 0 Å². The zero-order valence-corrected chi connectivity index (χ0v) is 13.6. The van der Waals surface area contributed by atoms with E-state index >= 15 is 0 Å². The predicted octanol–water partition coefficient (Wildman–Crippen LogP) is 2.13. The van der Waals surface area contributed by atoms with Gasteiger partial charge in [0.15, 0.2) is 0 Å². The van der Waals surface area contributed by atoms with Crippen LogP contribution in [-0.4, -0.2) is 43.8 Å². The molecule has 2 unspecified atom stereocenters. The fourth-order valence-electron chi connectivity index (χ4n) is 3.08. The van der Waals surface area contributed by atoms with E-state index < -0.39 is 10.0 Å². The molecule has 1 N–H and O–H groups in total. The molecule has 2 atom stereocenters. The van der Waals surface area contributed by atoms with Gasteiger partial charge in [-0.15, -0.1) is 0 Å². The van der Waals surface area contributed by atoms with Crippen LogP contribution in [0.3, 0.4) is 0 Å². The summed E-state index contributed by atoms with van der Waals surface area (Å²) in [7, 11) is -3.10. The molecular formula is C16H25NO3S. The van der Waals surface area contributed by atoms with Crippen molar-refractivity contribution in [1.29, 1.82) is 0 Å². The summed E-state index contributed by atoms with van der Waals surface area (Å²) >= 11 is 0. The molecule has 5 heteroatoms. The third kappa shape index (κ3) is 4.53. The van der Waals surface area contributed by atoms with Gasteiger partial charge in [-0.3, -0.25) is 0 Å². The van der Waals surface area contributed by atoms with Gasteiger partial charge in [-0.25, -0.2) is 12.7 Å². The summed E-state index contributed by atoms with van der Waals surface area (Å²) in [6.07, 6.45) is 4.06. The minimum Gasteiger partial charge on any atom is -0.396 e. The summed E-state index contributed by atoms with van der Waals surface area (Å²) in [6.45, 7) is 3.37. The van der Waals surface area contributed by atoms with Gasteiger partial charge in [0.05, 0.1) is 6.26 Å². The fourth-order valence-corrected chi connectivity index (χ4v) is 4.02. The molecule has 1 aliphatic heterocycles. The minimum absolute atomic E-state index is 0.0927. The Morgan fingerprint density at radius 3 is 2.57 bits per heavy atom. The number of piperidine rings is 1. The van der Waals surface area contributed by atoms with Crippen molar-refractivity contribution in [1.82, 2.24) is 4.31 Å². The summed E-state index contributed by atoms with van der Waals surface area (Å²) in [5.74, 6) is 0.419. The van der Waals surface area contributed by atoms with E-state index in [1.807, 2.05) is 6.92 Å². The van der Waals surface area contributed by atoms with Crippen molar-refractivity contribution in [3.05, 3.63) is 35.4 Å². The van der Waals surface area contributed by atoms with E-state index in [1.165, 1.54) is 11.8 Å². The van der Waals surface area contributed by atoms with Gasteiger partial charge in [-0.1, -0.05) is 29.8 Å². The lowest BCUT2D eigenvalue weighted by molar-refractivity contribution is 0.206. The Hall–Kier alpha value is -0.910. The number of aliphatic hydroxyl groups is 1. The molecule has 2 rings (SSSR count). The fraction of sp³-hybridized carbons (Fsp3) is 0.625. The number of sulfonamides is 1. The Bertz CT molecular complexity index is 553. The van der Waals surface area contributed by atoms with Crippen molar-refractivity contribution in [3.8, 4) is 0 Å². The maximum atomic E-state index is 11.7. The van der Waals surface area contributed by atoms with Crippen molar-refractivity contribution >= 4 is 10.0 Å². The Morgan fingerprint density at radius 1 is 1.33 bits per heavy atom. The number of hydrogen-bond donors (Lipinski definition) is 1. The molecule has 1 fully saturated rings. The van der Waals surface area contributed by atoms with E-state index in [2.05, 4.69) is 24.3 Å². The summed E-state index contributed by atoms with van der Waals surface area (Å²) in [5, 5.41) is 9.67.